The van der Waals surface area contributed by atoms with Crippen molar-refractivity contribution in [1.29, 1.82) is 0 Å². The molecule has 4 heteroatoms. The zero-order chi connectivity index (χ0) is 10.6. The maximum Gasteiger partial charge on any atom is 0.150 e. The standard InChI is InChI=1S/C10H16N3P/c1-3-13(2)12-10(11)8-4-6-9(14)7-5-8/h4-7H,3,14H2,1-2H3,(H2,11,12). The minimum Gasteiger partial charge on any atom is -0.382 e. The first-order valence-electron chi connectivity index (χ1n) is 4.54. The van der Waals surface area contributed by atoms with Crippen LogP contribution in [0.1, 0.15) is 12.5 Å². The van der Waals surface area contributed by atoms with Crippen LogP contribution in [-0.4, -0.2) is 24.4 Å². The third kappa shape index (κ3) is 3.00. The lowest BCUT2D eigenvalue weighted by Gasteiger charge is -2.10. The molecule has 1 rings (SSSR count). The van der Waals surface area contributed by atoms with Gasteiger partial charge in [-0.2, -0.15) is 5.10 Å². The molecule has 2 N–H and O–H groups in total. The summed E-state index contributed by atoms with van der Waals surface area (Å²) in [7, 11) is 4.54. The lowest BCUT2D eigenvalue weighted by molar-refractivity contribution is 0.375. The van der Waals surface area contributed by atoms with E-state index in [2.05, 4.69) is 14.3 Å². The van der Waals surface area contributed by atoms with Gasteiger partial charge in [-0.05, 0) is 12.2 Å². The highest BCUT2D eigenvalue weighted by molar-refractivity contribution is 7.27. The summed E-state index contributed by atoms with van der Waals surface area (Å²) in [5.41, 5.74) is 6.78. The quantitative estimate of drug-likeness (QED) is 0.345. The van der Waals surface area contributed by atoms with Crippen molar-refractivity contribution in [3.05, 3.63) is 29.8 Å². The molecule has 0 aliphatic carbocycles. The molecule has 0 aromatic heterocycles. The first-order valence-corrected chi connectivity index (χ1v) is 5.12. The van der Waals surface area contributed by atoms with Gasteiger partial charge in [-0.1, -0.05) is 24.3 Å². The smallest absolute Gasteiger partial charge is 0.150 e. The van der Waals surface area contributed by atoms with Crippen LogP contribution < -0.4 is 11.0 Å². The molecule has 14 heavy (non-hydrogen) atoms. The van der Waals surface area contributed by atoms with E-state index in [0.29, 0.717) is 5.84 Å². The summed E-state index contributed by atoms with van der Waals surface area (Å²) in [6.07, 6.45) is 0. The van der Waals surface area contributed by atoms with Crippen molar-refractivity contribution in [3.63, 3.8) is 0 Å². The number of amidine groups is 1. The maximum absolute atomic E-state index is 5.82. The third-order valence-corrected chi connectivity index (χ3v) is 2.33. The van der Waals surface area contributed by atoms with Crippen LogP contribution in [0.15, 0.2) is 29.4 Å². The molecule has 0 amide bonds. The van der Waals surface area contributed by atoms with Crippen molar-refractivity contribution >= 4 is 20.4 Å². The van der Waals surface area contributed by atoms with Crippen LogP contribution in [0.25, 0.3) is 0 Å². The molecule has 0 aliphatic heterocycles. The molecular weight excluding hydrogens is 193 g/mol. The van der Waals surface area contributed by atoms with Crippen LogP contribution in [0.2, 0.25) is 0 Å². The molecule has 1 aromatic rings. The van der Waals surface area contributed by atoms with E-state index in [9.17, 15) is 0 Å². The summed E-state index contributed by atoms with van der Waals surface area (Å²) in [6.45, 7) is 2.88. The highest BCUT2D eigenvalue weighted by atomic mass is 31.0. The molecule has 0 spiro atoms. The third-order valence-electron chi connectivity index (χ3n) is 1.94. The summed E-state index contributed by atoms with van der Waals surface area (Å²) >= 11 is 0. The normalized spacial score (nSPS) is 11.5. The van der Waals surface area contributed by atoms with E-state index < -0.39 is 0 Å². The molecular formula is C10H16N3P. The summed E-state index contributed by atoms with van der Waals surface area (Å²) in [4.78, 5) is 0. The number of hydrogen-bond donors (Lipinski definition) is 1. The summed E-state index contributed by atoms with van der Waals surface area (Å²) in [6, 6.07) is 7.91. The van der Waals surface area contributed by atoms with Crippen molar-refractivity contribution in [2.45, 2.75) is 6.92 Å². The van der Waals surface area contributed by atoms with Crippen LogP contribution in [-0.2, 0) is 0 Å². The molecule has 0 aliphatic rings. The second kappa shape index (κ2) is 4.97. The zero-order valence-electron chi connectivity index (χ0n) is 8.57. The fourth-order valence-electron chi connectivity index (χ4n) is 0.966. The molecule has 0 saturated heterocycles. The summed E-state index contributed by atoms with van der Waals surface area (Å²) < 4.78 is 0. The Morgan fingerprint density at radius 3 is 2.50 bits per heavy atom. The second-order valence-corrected chi connectivity index (χ2v) is 3.75. The molecule has 1 unspecified atom stereocenters. The first-order chi connectivity index (χ1) is 6.63. The maximum atomic E-state index is 5.82. The predicted molar refractivity (Wildman–Crippen MR) is 64.8 cm³/mol. The monoisotopic (exact) mass is 209 g/mol. The van der Waals surface area contributed by atoms with Crippen molar-refractivity contribution in [2.75, 3.05) is 13.6 Å². The Labute approximate surface area is 87.2 Å². The lowest BCUT2D eigenvalue weighted by Crippen LogP contribution is -2.20. The van der Waals surface area contributed by atoms with Gasteiger partial charge in [0.15, 0.2) is 5.84 Å². The molecule has 0 saturated carbocycles. The van der Waals surface area contributed by atoms with E-state index in [1.807, 2.05) is 43.2 Å². The summed E-state index contributed by atoms with van der Waals surface area (Å²) in [5, 5.41) is 7.17. The average molecular weight is 209 g/mol. The highest BCUT2D eigenvalue weighted by Gasteiger charge is 1.98. The van der Waals surface area contributed by atoms with Gasteiger partial charge in [0.2, 0.25) is 0 Å². The van der Waals surface area contributed by atoms with Crippen molar-refractivity contribution < 1.29 is 0 Å². The van der Waals surface area contributed by atoms with Gasteiger partial charge in [0.1, 0.15) is 0 Å². The zero-order valence-corrected chi connectivity index (χ0v) is 9.72. The molecule has 0 bridgehead atoms. The molecule has 3 nitrogen and oxygen atoms in total. The van der Waals surface area contributed by atoms with Crippen molar-refractivity contribution in [3.8, 4) is 0 Å². The SMILES string of the molecule is CCN(C)/N=C(\N)c1ccc(P)cc1. The molecule has 1 atom stereocenters. The average Bonchev–Trinajstić information content (AvgIpc) is 2.18. The molecule has 76 valence electrons. The predicted octanol–water partition coefficient (Wildman–Crippen LogP) is 0.759. The molecule has 1 aromatic carbocycles. The Morgan fingerprint density at radius 1 is 1.43 bits per heavy atom. The van der Waals surface area contributed by atoms with Crippen LogP contribution >= 0.6 is 9.24 Å². The van der Waals surface area contributed by atoms with E-state index in [0.717, 1.165) is 17.4 Å². The van der Waals surface area contributed by atoms with E-state index in [4.69, 9.17) is 5.73 Å². The van der Waals surface area contributed by atoms with Gasteiger partial charge >= 0.3 is 0 Å². The number of nitrogens with two attached hydrogens (primary N) is 1. The van der Waals surface area contributed by atoms with Gasteiger partial charge < -0.3 is 5.73 Å². The Balaban J connectivity index is 2.83. The van der Waals surface area contributed by atoms with E-state index >= 15 is 0 Å². The van der Waals surface area contributed by atoms with Gasteiger partial charge in [0.25, 0.3) is 0 Å². The van der Waals surface area contributed by atoms with Crippen LogP contribution in [0.5, 0.6) is 0 Å². The Bertz CT molecular complexity index is 319. The van der Waals surface area contributed by atoms with Gasteiger partial charge in [-0.15, -0.1) is 9.24 Å². The topological polar surface area (TPSA) is 41.6 Å². The van der Waals surface area contributed by atoms with Crippen LogP contribution in [0.4, 0.5) is 0 Å². The Hall–Kier alpha value is -1.08. The van der Waals surface area contributed by atoms with Gasteiger partial charge in [0, 0.05) is 19.2 Å². The lowest BCUT2D eigenvalue weighted by atomic mass is 10.2. The molecule has 0 radical (unpaired) electrons. The fraction of sp³-hybridized carbons (Fsp3) is 0.300. The first kappa shape index (κ1) is 11.0. The minimum absolute atomic E-state index is 0.555. The van der Waals surface area contributed by atoms with Crippen molar-refractivity contribution in [2.24, 2.45) is 10.8 Å². The highest BCUT2D eigenvalue weighted by Crippen LogP contribution is 1.99. The van der Waals surface area contributed by atoms with Crippen molar-refractivity contribution in [1.82, 2.24) is 5.01 Å². The Kier molecular flexibility index (Phi) is 3.90. The number of benzene rings is 1. The fourth-order valence-corrected chi connectivity index (χ4v) is 1.16. The molecule has 0 heterocycles. The number of rotatable bonds is 3. The summed E-state index contributed by atoms with van der Waals surface area (Å²) in [5.74, 6) is 0.555. The van der Waals surface area contributed by atoms with E-state index in [1.165, 1.54) is 0 Å². The van der Waals surface area contributed by atoms with E-state index in [-0.39, 0.29) is 0 Å². The number of nitrogens with zero attached hydrogens (tertiary/aromatic N) is 2. The van der Waals surface area contributed by atoms with Gasteiger partial charge in [-0.3, -0.25) is 5.01 Å². The van der Waals surface area contributed by atoms with Crippen LogP contribution in [0.3, 0.4) is 0 Å². The van der Waals surface area contributed by atoms with E-state index in [1.54, 1.807) is 0 Å². The number of hydrazone groups is 1. The van der Waals surface area contributed by atoms with Crippen LogP contribution in [0, 0.1) is 0 Å². The largest absolute Gasteiger partial charge is 0.382 e. The molecule has 0 fully saturated rings. The number of hydrogen-bond acceptors (Lipinski definition) is 2. The van der Waals surface area contributed by atoms with Gasteiger partial charge in [0.05, 0.1) is 0 Å². The minimum atomic E-state index is 0.555. The Morgan fingerprint density at radius 2 is 2.00 bits per heavy atom. The second-order valence-electron chi connectivity index (χ2n) is 3.08. The van der Waals surface area contributed by atoms with Gasteiger partial charge in [-0.25, -0.2) is 0 Å².